The Balaban J connectivity index is 3.10. The van der Waals surface area contributed by atoms with E-state index in [1.54, 1.807) is 18.2 Å². The van der Waals surface area contributed by atoms with Crippen LogP contribution in [0.15, 0.2) is 27.6 Å². The highest BCUT2D eigenvalue weighted by molar-refractivity contribution is 9.10. The third-order valence-corrected chi connectivity index (χ3v) is 6.22. The van der Waals surface area contributed by atoms with Gasteiger partial charge >= 0.3 is 0 Å². The first-order chi connectivity index (χ1) is 9.82. The molecule has 0 aliphatic rings. The molecular weight excluding hydrogens is 376 g/mol. The molecule has 4 nitrogen and oxygen atoms in total. The zero-order chi connectivity index (χ0) is 16.0. The minimum atomic E-state index is -3.50. The topological polar surface area (TPSA) is 40.6 Å². The molecule has 0 aromatic heterocycles. The number of likely N-dealkylation sites (N-methyl/N-ethyl adjacent to an activating group) is 1. The summed E-state index contributed by atoms with van der Waals surface area (Å²) in [5, 5.41) is 0. The second kappa shape index (κ2) is 8.48. The van der Waals surface area contributed by atoms with Crippen LogP contribution >= 0.6 is 27.5 Å². The van der Waals surface area contributed by atoms with Crippen LogP contribution < -0.4 is 0 Å². The molecule has 0 saturated carbocycles. The van der Waals surface area contributed by atoms with E-state index in [2.05, 4.69) is 15.9 Å². The Labute approximate surface area is 141 Å². The lowest BCUT2D eigenvalue weighted by atomic mass is 10.2. The molecule has 1 aromatic rings. The second-order valence-corrected chi connectivity index (χ2v) is 8.13. The molecule has 1 rings (SSSR count). The predicted octanol–water partition coefficient (Wildman–Crippen LogP) is 3.15. The fourth-order valence-electron chi connectivity index (χ4n) is 1.89. The Bertz CT molecular complexity index is 564. The third kappa shape index (κ3) is 5.21. The van der Waals surface area contributed by atoms with Crippen molar-refractivity contribution in [3.8, 4) is 0 Å². The molecule has 0 amide bonds. The molecule has 1 aromatic carbocycles. The van der Waals surface area contributed by atoms with E-state index >= 15 is 0 Å². The van der Waals surface area contributed by atoms with E-state index in [9.17, 15) is 8.42 Å². The van der Waals surface area contributed by atoms with E-state index < -0.39 is 10.0 Å². The molecule has 0 bridgehead atoms. The number of halogens is 2. The van der Waals surface area contributed by atoms with Gasteiger partial charge in [-0.1, -0.05) is 13.0 Å². The average molecular weight is 398 g/mol. The van der Waals surface area contributed by atoms with E-state index in [0.717, 1.165) is 12.0 Å². The molecule has 0 aliphatic heterocycles. The second-order valence-electron chi connectivity index (χ2n) is 5.11. The van der Waals surface area contributed by atoms with Crippen molar-refractivity contribution in [2.45, 2.75) is 24.1 Å². The summed E-state index contributed by atoms with van der Waals surface area (Å²) < 4.78 is 27.7. The largest absolute Gasteiger partial charge is 0.308 e. The van der Waals surface area contributed by atoms with Gasteiger partial charge in [0, 0.05) is 30.0 Å². The fraction of sp³-hybridized carbons (Fsp3) is 0.571. The Kier molecular flexibility index (Phi) is 7.64. The molecule has 0 spiro atoms. The lowest BCUT2D eigenvalue weighted by Crippen LogP contribution is -2.37. The average Bonchev–Trinajstić information content (AvgIpc) is 2.42. The van der Waals surface area contributed by atoms with Crippen molar-refractivity contribution in [3.63, 3.8) is 0 Å². The number of alkyl halides is 1. The Morgan fingerprint density at radius 2 is 1.86 bits per heavy atom. The summed E-state index contributed by atoms with van der Waals surface area (Å²) >= 11 is 9.12. The van der Waals surface area contributed by atoms with Crippen LogP contribution in [0.4, 0.5) is 0 Å². The number of hydrogen-bond acceptors (Lipinski definition) is 3. The van der Waals surface area contributed by atoms with E-state index in [0.29, 0.717) is 34.9 Å². The molecule has 0 aliphatic carbocycles. The van der Waals surface area contributed by atoms with Crippen molar-refractivity contribution in [3.05, 3.63) is 28.2 Å². The summed E-state index contributed by atoms with van der Waals surface area (Å²) in [5.41, 5.74) is 0.887. The highest BCUT2D eigenvalue weighted by Gasteiger charge is 2.25. The van der Waals surface area contributed by atoms with Crippen molar-refractivity contribution in [1.29, 1.82) is 0 Å². The maximum absolute atomic E-state index is 12.8. The van der Waals surface area contributed by atoms with Gasteiger partial charge < -0.3 is 4.90 Å². The first-order valence-electron chi connectivity index (χ1n) is 6.82. The fourth-order valence-corrected chi connectivity index (χ4v) is 4.66. The molecule has 0 radical (unpaired) electrons. The first kappa shape index (κ1) is 18.9. The summed E-state index contributed by atoms with van der Waals surface area (Å²) in [6.07, 6.45) is 0.782. The number of sulfonamides is 1. The highest BCUT2D eigenvalue weighted by atomic mass is 79.9. The number of rotatable bonds is 8. The molecule has 0 heterocycles. The van der Waals surface area contributed by atoms with Crippen LogP contribution in [0.3, 0.4) is 0 Å². The molecule has 0 fully saturated rings. The number of benzene rings is 1. The lowest BCUT2D eigenvalue weighted by Gasteiger charge is -2.24. The minimum absolute atomic E-state index is 0.295. The lowest BCUT2D eigenvalue weighted by molar-refractivity contribution is 0.333. The zero-order valence-corrected chi connectivity index (χ0v) is 15.8. The van der Waals surface area contributed by atoms with E-state index in [1.807, 2.05) is 25.9 Å². The molecule has 21 heavy (non-hydrogen) atoms. The van der Waals surface area contributed by atoms with Crippen molar-refractivity contribution in [2.75, 3.05) is 33.7 Å². The van der Waals surface area contributed by atoms with Gasteiger partial charge in [0.2, 0.25) is 10.0 Å². The zero-order valence-electron chi connectivity index (χ0n) is 12.6. The van der Waals surface area contributed by atoms with Crippen molar-refractivity contribution in [1.82, 2.24) is 9.21 Å². The quantitative estimate of drug-likeness (QED) is 0.633. The van der Waals surface area contributed by atoms with E-state index in [1.165, 1.54) is 4.31 Å². The van der Waals surface area contributed by atoms with Crippen LogP contribution in [0, 0.1) is 0 Å². The predicted molar refractivity (Wildman–Crippen MR) is 91.3 cm³/mol. The number of nitrogens with zero attached hydrogens (tertiary/aromatic N) is 2. The maximum Gasteiger partial charge on any atom is 0.244 e. The molecule has 0 N–H and O–H groups in total. The van der Waals surface area contributed by atoms with Crippen LogP contribution in [0.2, 0.25) is 0 Å². The normalized spacial score (nSPS) is 12.3. The van der Waals surface area contributed by atoms with Crippen LogP contribution in [0.1, 0.15) is 18.9 Å². The van der Waals surface area contributed by atoms with E-state index in [4.69, 9.17) is 11.6 Å². The van der Waals surface area contributed by atoms with Crippen molar-refractivity contribution < 1.29 is 8.42 Å². The number of hydrogen-bond donors (Lipinski definition) is 0. The maximum atomic E-state index is 12.8. The van der Waals surface area contributed by atoms with Crippen LogP contribution in [-0.4, -0.2) is 51.4 Å². The third-order valence-electron chi connectivity index (χ3n) is 3.04. The summed E-state index contributed by atoms with van der Waals surface area (Å²) in [6.45, 7) is 3.66. The van der Waals surface area contributed by atoms with Gasteiger partial charge in [-0.05, 0) is 54.1 Å². The molecule has 120 valence electrons. The molecule has 0 atom stereocenters. The molecular formula is C14H22BrClN2O2S. The molecule has 0 saturated heterocycles. The van der Waals surface area contributed by atoms with Gasteiger partial charge in [-0.2, -0.15) is 4.31 Å². The van der Waals surface area contributed by atoms with Gasteiger partial charge in [-0.3, -0.25) is 0 Å². The summed E-state index contributed by atoms with van der Waals surface area (Å²) in [6, 6.07) is 5.13. The molecule has 0 unspecified atom stereocenters. The Hall–Kier alpha value is -0.140. The SMILES string of the molecule is CCCN(CCN(C)C)S(=O)(=O)c1ccc(CCl)cc1Br. The van der Waals surface area contributed by atoms with E-state index in [-0.39, 0.29) is 0 Å². The van der Waals surface area contributed by atoms with Gasteiger partial charge in [-0.15, -0.1) is 11.6 Å². The van der Waals surface area contributed by atoms with Gasteiger partial charge in [0.25, 0.3) is 0 Å². The van der Waals surface area contributed by atoms with Gasteiger partial charge in [-0.25, -0.2) is 8.42 Å². The molecule has 7 heteroatoms. The van der Waals surface area contributed by atoms with Gasteiger partial charge in [0.05, 0.1) is 4.90 Å². The highest BCUT2D eigenvalue weighted by Crippen LogP contribution is 2.27. The summed E-state index contributed by atoms with van der Waals surface area (Å²) in [4.78, 5) is 2.27. The minimum Gasteiger partial charge on any atom is -0.308 e. The van der Waals surface area contributed by atoms with Crippen LogP contribution in [-0.2, 0) is 15.9 Å². The Morgan fingerprint density at radius 3 is 2.33 bits per heavy atom. The van der Waals surface area contributed by atoms with Crippen molar-refractivity contribution >= 4 is 37.6 Å². The summed E-state index contributed by atoms with van der Waals surface area (Å²) in [7, 11) is 0.367. The van der Waals surface area contributed by atoms with Crippen LogP contribution in [0.25, 0.3) is 0 Å². The van der Waals surface area contributed by atoms with Crippen LogP contribution in [0.5, 0.6) is 0 Å². The smallest absolute Gasteiger partial charge is 0.244 e. The first-order valence-corrected chi connectivity index (χ1v) is 9.59. The van der Waals surface area contributed by atoms with Gasteiger partial charge in [0.15, 0.2) is 0 Å². The van der Waals surface area contributed by atoms with Gasteiger partial charge in [0.1, 0.15) is 0 Å². The van der Waals surface area contributed by atoms with Crippen molar-refractivity contribution in [2.24, 2.45) is 0 Å². The monoisotopic (exact) mass is 396 g/mol. The Morgan fingerprint density at radius 1 is 1.19 bits per heavy atom. The summed E-state index contributed by atoms with van der Waals surface area (Å²) in [5.74, 6) is 0.359. The standard InChI is InChI=1S/C14H22BrClN2O2S/c1-4-7-18(9-8-17(2)3)21(19,20)14-6-5-12(11-16)10-13(14)15/h5-6,10H,4,7-9,11H2,1-3H3.